The van der Waals surface area contributed by atoms with Crippen LogP contribution in [0.15, 0.2) is 94.9 Å². The Bertz CT molecular complexity index is 1040. The second kappa shape index (κ2) is 10.8. The number of benzene rings is 2. The van der Waals surface area contributed by atoms with Crippen molar-refractivity contribution in [3.63, 3.8) is 0 Å². The summed E-state index contributed by atoms with van der Waals surface area (Å²) in [6, 6.07) is 26.7. The van der Waals surface area contributed by atoms with Crippen molar-refractivity contribution >= 4 is 11.3 Å². The third-order valence-electron chi connectivity index (χ3n) is 5.90. The zero-order chi connectivity index (χ0) is 23.1. The summed E-state index contributed by atoms with van der Waals surface area (Å²) in [4.78, 5) is 3.44. The van der Waals surface area contributed by atoms with Gasteiger partial charge < -0.3 is 14.3 Å². The van der Waals surface area contributed by atoms with Gasteiger partial charge in [0.25, 0.3) is 0 Å². The van der Waals surface area contributed by atoms with Gasteiger partial charge in [-0.15, -0.1) is 11.3 Å². The number of furan rings is 1. The number of ether oxygens (including phenoxy) is 1. The van der Waals surface area contributed by atoms with E-state index in [0.717, 1.165) is 18.1 Å². The molecule has 2 aromatic heterocycles. The Morgan fingerprint density at radius 1 is 0.909 bits per heavy atom. The third kappa shape index (κ3) is 6.35. The Labute approximate surface area is 200 Å². The van der Waals surface area contributed by atoms with E-state index >= 15 is 0 Å². The van der Waals surface area contributed by atoms with E-state index in [1.54, 1.807) is 17.6 Å². The number of nitrogens with zero attached hydrogens (tertiary/aromatic N) is 1. The number of thiophene rings is 1. The highest BCUT2D eigenvalue weighted by Gasteiger charge is 2.22. The highest BCUT2D eigenvalue weighted by atomic mass is 32.1. The largest absolute Gasteiger partial charge is 0.491 e. The van der Waals surface area contributed by atoms with Gasteiger partial charge in [0.05, 0.1) is 12.8 Å². The molecule has 0 saturated heterocycles. The van der Waals surface area contributed by atoms with Crippen molar-refractivity contribution in [1.82, 2.24) is 4.90 Å². The summed E-state index contributed by atoms with van der Waals surface area (Å²) in [6.45, 7) is 6.59. The quantitative estimate of drug-likeness (QED) is 0.293. The first-order valence-electron chi connectivity index (χ1n) is 11.2. The molecular formula is C28H31NO3S. The minimum Gasteiger partial charge on any atom is -0.491 e. The molecule has 0 aliphatic heterocycles. The lowest BCUT2D eigenvalue weighted by atomic mass is 9.78. The van der Waals surface area contributed by atoms with Crippen molar-refractivity contribution < 1.29 is 14.3 Å². The SMILES string of the molecule is CC(C)(c1ccccc1)c1ccc(OCC(O)CN(Cc2ccco2)Cc2cccs2)cc1. The van der Waals surface area contributed by atoms with Gasteiger partial charge in [-0.05, 0) is 46.8 Å². The standard InChI is InChI=1S/C28H31NO3S/c1-28(2,22-8-4-3-5-9-22)23-12-14-25(15-13-23)32-21-24(30)18-29(19-26-10-6-16-31-26)20-27-11-7-17-33-27/h3-17,24,30H,18-21H2,1-2H3. The molecule has 0 spiro atoms. The van der Waals surface area contributed by atoms with E-state index in [1.165, 1.54) is 16.0 Å². The molecule has 4 nitrogen and oxygen atoms in total. The van der Waals surface area contributed by atoms with Gasteiger partial charge in [-0.1, -0.05) is 62.4 Å². The highest BCUT2D eigenvalue weighted by molar-refractivity contribution is 7.09. The Kier molecular flexibility index (Phi) is 7.65. The van der Waals surface area contributed by atoms with E-state index in [9.17, 15) is 5.11 Å². The van der Waals surface area contributed by atoms with E-state index < -0.39 is 6.10 Å². The first-order chi connectivity index (χ1) is 16.0. The summed E-state index contributed by atoms with van der Waals surface area (Å²) >= 11 is 1.72. The van der Waals surface area contributed by atoms with E-state index in [0.29, 0.717) is 13.1 Å². The van der Waals surface area contributed by atoms with Gasteiger partial charge in [0.2, 0.25) is 0 Å². The van der Waals surface area contributed by atoms with Crippen molar-refractivity contribution in [2.24, 2.45) is 0 Å². The van der Waals surface area contributed by atoms with E-state index in [2.05, 4.69) is 66.6 Å². The fraction of sp³-hybridized carbons (Fsp3) is 0.286. The lowest BCUT2D eigenvalue weighted by molar-refractivity contribution is 0.0608. The molecule has 0 fully saturated rings. The molecule has 1 N–H and O–H groups in total. The van der Waals surface area contributed by atoms with Crippen LogP contribution in [0.1, 0.15) is 35.6 Å². The summed E-state index contributed by atoms with van der Waals surface area (Å²) in [7, 11) is 0. The summed E-state index contributed by atoms with van der Waals surface area (Å²) in [5, 5.41) is 12.7. The van der Waals surface area contributed by atoms with Gasteiger partial charge in [-0.3, -0.25) is 4.90 Å². The van der Waals surface area contributed by atoms with Crippen molar-refractivity contribution in [3.8, 4) is 5.75 Å². The van der Waals surface area contributed by atoms with Crippen LogP contribution in [0, 0.1) is 0 Å². The molecule has 0 radical (unpaired) electrons. The van der Waals surface area contributed by atoms with Gasteiger partial charge >= 0.3 is 0 Å². The first kappa shape index (κ1) is 23.3. The third-order valence-corrected chi connectivity index (χ3v) is 6.76. The van der Waals surface area contributed by atoms with Crippen LogP contribution in [-0.2, 0) is 18.5 Å². The molecule has 33 heavy (non-hydrogen) atoms. The Morgan fingerprint density at radius 2 is 1.67 bits per heavy atom. The molecule has 5 heteroatoms. The number of aliphatic hydroxyl groups excluding tert-OH is 1. The van der Waals surface area contributed by atoms with Crippen LogP contribution in [0.3, 0.4) is 0 Å². The average Bonchev–Trinajstić information content (AvgIpc) is 3.53. The van der Waals surface area contributed by atoms with Gasteiger partial charge in [0.15, 0.2) is 0 Å². The molecule has 1 unspecified atom stereocenters. The average molecular weight is 462 g/mol. The van der Waals surface area contributed by atoms with E-state index in [1.807, 2.05) is 36.4 Å². The summed E-state index contributed by atoms with van der Waals surface area (Å²) in [5.74, 6) is 1.65. The van der Waals surface area contributed by atoms with Crippen LogP contribution >= 0.6 is 11.3 Å². The van der Waals surface area contributed by atoms with Crippen LogP contribution in [0.25, 0.3) is 0 Å². The fourth-order valence-corrected chi connectivity index (χ4v) is 4.71. The summed E-state index contributed by atoms with van der Waals surface area (Å²) in [6.07, 6.45) is 1.07. The highest BCUT2D eigenvalue weighted by Crippen LogP contribution is 2.32. The number of hydrogen-bond donors (Lipinski definition) is 1. The summed E-state index contributed by atoms with van der Waals surface area (Å²) < 4.78 is 11.4. The zero-order valence-corrected chi connectivity index (χ0v) is 20.0. The molecule has 2 aromatic carbocycles. The van der Waals surface area contributed by atoms with Crippen LogP contribution in [0.5, 0.6) is 5.75 Å². The molecule has 172 valence electrons. The Balaban J connectivity index is 1.33. The van der Waals surface area contributed by atoms with Crippen LogP contribution in [0.4, 0.5) is 0 Å². The van der Waals surface area contributed by atoms with Gasteiger partial charge in [-0.25, -0.2) is 0 Å². The molecule has 0 amide bonds. The number of aliphatic hydroxyl groups is 1. The maximum atomic E-state index is 10.7. The molecule has 0 bridgehead atoms. The molecule has 0 saturated carbocycles. The fourth-order valence-electron chi connectivity index (χ4n) is 3.96. The Morgan fingerprint density at radius 3 is 2.33 bits per heavy atom. The topological polar surface area (TPSA) is 45.8 Å². The van der Waals surface area contributed by atoms with Crippen molar-refractivity contribution in [3.05, 3.63) is 112 Å². The lowest BCUT2D eigenvalue weighted by Gasteiger charge is -2.26. The van der Waals surface area contributed by atoms with Gasteiger partial charge in [0.1, 0.15) is 24.2 Å². The van der Waals surface area contributed by atoms with Crippen molar-refractivity contribution in [2.75, 3.05) is 13.2 Å². The number of hydrogen-bond acceptors (Lipinski definition) is 5. The Hall–Kier alpha value is -2.86. The predicted octanol–water partition coefficient (Wildman–Crippen LogP) is 6.11. The normalized spacial score (nSPS) is 12.7. The molecule has 4 rings (SSSR count). The van der Waals surface area contributed by atoms with Crippen molar-refractivity contribution in [1.29, 1.82) is 0 Å². The van der Waals surface area contributed by atoms with Gasteiger partial charge in [0, 0.05) is 23.4 Å². The zero-order valence-electron chi connectivity index (χ0n) is 19.2. The predicted molar refractivity (Wildman–Crippen MR) is 134 cm³/mol. The van der Waals surface area contributed by atoms with E-state index in [4.69, 9.17) is 9.15 Å². The summed E-state index contributed by atoms with van der Waals surface area (Å²) in [5.41, 5.74) is 2.41. The minimum atomic E-state index is -0.611. The molecule has 4 aromatic rings. The molecule has 0 aliphatic rings. The van der Waals surface area contributed by atoms with E-state index in [-0.39, 0.29) is 12.0 Å². The monoisotopic (exact) mass is 461 g/mol. The van der Waals surface area contributed by atoms with Gasteiger partial charge in [-0.2, -0.15) is 0 Å². The molecular weight excluding hydrogens is 430 g/mol. The minimum absolute atomic E-state index is 0.0898. The number of rotatable bonds is 11. The molecule has 0 aliphatic carbocycles. The lowest BCUT2D eigenvalue weighted by Crippen LogP contribution is -2.34. The second-order valence-corrected chi connectivity index (χ2v) is 9.84. The molecule has 1 atom stereocenters. The smallest absolute Gasteiger partial charge is 0.119 e. The first-order valence-corrected chi connectivity index (χ1v) is 12.1. The maximum absolute atomic E-state index is 10.7. The molecule has 2 heterocycles. The maximum Gasteiger partial charge on any atom is 0.119 e. The van der Waals surface area contributed by atoms with Crippen LogP contribution in [0.2, 0.25) is 0 Å². The van der Waals surface area contributed by atoms with Crippen LogP contribution < -0.4 is 4.74 Å². The van der Waals surface area contributed by atoms with Crippen LogP contribution in [-0.4, -0.2) is 29.3 Å². The second-order valence-electron chi connectivity index (χ2n) is 8.81. The van der Waals surface area contributed by atoms with Crippen molar-refractivity contribution in [2.45, 2.75) is 38.5 Å².